The highest BCUT2D eigenvalue weighted by atomic mass is 79.9. The minimum atomic E-state index is -0.496. The zero-order valence-electron chi connectivity index (χ0n) is 9.64. The van der Waals surface area contributed by atoms with Crippen molar-refractivity contribution in [2.45, 2.75) is 19.6 Å². The van der Waals surface area contributed by atoms with Gasteiger partial charge in [0.25, 0.3) is 0 Å². The number of hydrogen-bond donors (Lipinski definition) is 1. The molecule has 1 N–H and O–H groups in total. The second-order valence-electron chi connectivity index (χ2n) is 3.88. The maximum Gasteiger partial charge on any atom is 0.0834 e. The molecule has 1 aromatic rings. The molecule has 0 saturated heterocycles. The van der Waals surface area contributed by atoms with Gasteiger partial charge in [-0.05, 0) is 37.4 Å². The zero-order valence-corrected chi connectivity index (χ0v) is 12.8. The summed E-state index contributed by atoms with van der Waals surface area (Å²) in [6, 6.07) is 9.93. The standard InChI is InChI=1S/C13H16Br2O2/c1-10(7-13(14)15)12(16)9-17-8-11-5-3-2-4-6-11/h2-7,10,12,16H,8-9H2,1H3/t10-,12+/m0/s1. The van der Waals surface area contributed by atoms with Crippen LogP contribution in [-0.2, 0) is 11.3 Å². The smallest absolute Gasteiger partial charge is 0.0834 e. The average Bonchev–Trinajstić information content (AvgIpc) is 2.29. The number of benzene rings is 1. The zero-order chi connectivity index (χ0) is 12.7. The van der Waals surface area contributed by atoms with Gasteiger partial charge in [-0.3, -0.25) is 0 Å². The lowest BCUT2D eigenvalue weighted by molar-refractivity contribution is 0.0118. The molecule has 1 rings (SSSR count). The van der Waals surface area contributed by atoms with Gasteiger partial charge in [-0.15, -0.1) is 0 Å². The topological polar surface area (TPSA) is 29.5 Å². The normalized spacial score (nSPS) is 14.1. The van der Waals surface area contributed by atoms with Crippen LogP contribution in [0.5, 0.6) is 0 Å². The first-order valence-electron chi connectivity index (χ1n) is 5.42. The van der Waals surface area contributed by atoms with Gasteiger partial charge in [0.15, 0.2) is 0 Å². The summed E-state index contributed by atoms with van der Waals surface area (Å²) in [7, 11) is 0. The summed E-state index contributed by atoms with van der Waals surface area (Å²) in [6.07, 6.45) is 1.40. The van der Waals surface area contributed by atoms with Gasteiger partial charge < -0.3 is 9.84 Å². The van der Waals surface area contributed by atoms with Gasteiger partial charge in [-0.2, -0.15) is 0 Å². The van der Waals surface area contributed by atoms with Crippen LogP contribution < -0.4 is 0 Å². The van der Waals surface area contributed by atoms with E-state index in [4.69, 9.17) is 4.74 Å². The average molecular weight is 364 g/mol. The second kappa shape index (κ2) is 8.03. The fourth-order valence-electron chi connectivity index (χ4n) is 1.33. The number of aliphatic hydroxyl groups is 1. The molecule has 94 valence electrons. The fraction of sp³-hybridized carbons (Fsp3) is 0.385. The van der Waals surface area contributed by atoms with Crippen molar-refractivity contribution in [3.8, 4) is 0 Å². The summed E-state index contributed by atoms with van der Waals surface area (Å²) in [5.74, 6) is 0.0412. The highest BCUT2D eigenvalue weighted by Gasteiger charge is 2.12. The van der Waals surface area contributed by atoms with Crippen LogP contribution in [0.1, 0.15) is 12.5 Å². The van der Waals surface area contributed by atoms with Crippen LogP contribution in [0.4, 0.5) is 0 Å². The molecule has 0 aliphatic carbocycles. The van der Waals surface area contributed by atoms with Crippen LogP contribution in [0, 0.1) is 5.92 Å². The number of ether oxygens (including phenoxy) is 1. The second-order valence-corrected chi connectivity index (χ2v) is 6.66. The van der Waals surface area contributed by atoms with E-state index in [1.165, 1.54) is 0 Å². The molecule has 17 heavy (non-hydrogen) atoms. The lowest BCUT2D eigenvalue weighted by atomic mass is 10.1. The van der Waals surface area contributed by atoms with Crippen LogP contribution in [-0.4, -0.2) is 17.8 Å². The van der Waals surface area contributed by atoms with Crippen molar-refractivity contribution in [2.75, 3.05) is 6.61 Å². The Morgan fingerprint density at radius 3 is 2.59 bits per heavy atom. The quantitative estimate of drug-likeness (QED) is 0.832. The Bertz CT molecular complexity index is 348. The third kappa shape index (κ3) is 6.36. The predicted molar refractivity (Wildman–Crippen MR) is 77.2 cm³/mol. The monoisotopic (exact) mass is 362 g/mol. The minimum absolute atomic E-state index is 0.0412. The third-order valence-electron chi connectivity index (χ3n) is 2.40. The molecule has 0 radical (unpaired) electrons. The van der Waals surface area contributed by atoms with Gasteiger partial charge >= 0.3 is 0 Å². The molecule has 0 aliphatic rings. The molecule has 0 fully saturated rings. The summed E-state index contributed by atoms with van der Waals surface area (Å²) < 4.78 is 6.32. The Kier molecular flexibility index (Phi) is 7.04. The van der Waals surface area contributed by atoms with E-state index in [1.54, 1.807) is 0 Å². The van der Waals surface area contributed by atoms with Crippen LogP contribution >= 0.6 is 31.9 Å². The van der Waals surface area contributed by atoms with E-state index in [0.717, 1.165) is 8.96 Å². The maximum atomic E-state index is 9.83. The Morgan fingerprint density at radius 2 is 2.00 bits per heavy atom. The predicted octanol–water partition coefficient (Wildman–Crippen LogP) is 3.83. The van der Waals surface area contributed by atoms with Crippen LogP contribution in [0.3, 0.4) is 0 Å². The van der Waals surface area contributed by atoms with E-state index < -0.39 is 6.10 Å². The van der Waals surface area contributed by atoms with Gasteiger partial charge in [0.1, 0.15) is 0 Å². The number of hydrogen-bond acceptors (Lipinski definition) is 2. The van der Waals surface area contributed by atoms with Crippen LogP contribution in [0.25, 0.3) is 0 Å². The number of aliphatic hydroxyl groups excluding tert-OH is 1. The molecule has 0 spiro atoms. The number of rotatable bonds is 6. The maximum absolute atomic E-state index is 9.83. The fourth-order valence-corrected chi connectivity index (χ4v) is 2.17. The van der Waals surface area contributed by atoms with E-state index in [-0.39, 0.29) is 5.92 Å². The van der Waals surface area contributed by atoms with Gasteiger partial charge in [-0.1, -0.05) is 43.3 Å². The first kappa shape index (κ1) is 14.9. The highest BCUT2D eigenvalue weighted by molar-refractivity contribution is 9.28. The van der Waals surface area contributed by atoms with Crippen LogP contribution in [0.15, 0.2) is 39.8 Å². The summed E-state index contributed by atoms with van der Waals surface area (Å²) in [5, 5.41) is 9.83. The summed E-state index contributed by atoms with van der Waals surface area (Å²) in [4.78, 5) is 0. The van der Waals surface area contributed by atoms with Crippen molar-refractivity contribution < 1.29 is 9.84 Å². The van der Waals surface area contributed by atoms with Crippen molar-refractivity contribution in [3.63, 3.8) is 0 Å². The molecule has 2 nitrogen and oxygen atoms in total. The summed E-state index contributed by atoms with van der Waals surface area (Å²) in [5.41, 5.74) is 1.12. The largest absolute Gasteiger partial charge is 0.390 e. The molecule has 0 bridgehead atoms. The lowest BCUT2D eigenvalue weighted by Crippen LogP contribution is -2.22. The third-order valence-corrected chi connectivity index (χ3v) is 2.92. The van der Waals surface area contributed by atoms with Crippen molar-refractivity contribution in [1.29, 1.82) is 0 Å². The van der Waals surface area contributed by atoms with Crippen molar-refractivity contribution in [3.05, 3.63) is 45.4 Å². The van der Waals surface area contributed by atoms with E-state index in [0.29, 0.717) is 13.2 Å². The number of halogens is 2. The first-order valence-corrected chi connectivity index (χ1v) is 7.00. The Hall–Kier alpha value is -0.160. The van der Waals surface area contributed by atoms with Crippen molar-refractivity contribution in [2.24, 2.45) is 5.92 Å². The molecule has 0 aromatic heterocycles. The molecular formula is C13H16Br2O2. The SMILES string of the molecule is C[C@@H](C=C(Br)Br)[C@H](O)COCc1ccccc1. The van der Waals surface area contributed by atoms with Gasteiger partial charge in [0, 0.05) is 5.92 Å². The molecule has 0 amide bonds. The van der Waals surface area contributed by atoms with Crippen LogP contribution in [0.2, 0.25) is 0 Å². The molecule has 0 saturated carbocycles. The van der Waals surface area contributed by atoms with E-state index in [2.05, 4.69) is 31.9 Å². The van der Waals surface area contributed by atoms with Gasteiger partial charge in [0.2, 0.25) is 0 Å². The van der Waals surface area contributed by atoms with Crippen molar-refractivity contribution >= 4 is 31.9 Å². The van der Waals surface area contributed by atoms with Gasteiger partial charge in [0.05, 0.1) is 22.7 Å². The van der Waals surface area contributed by atoms with Crippen molar-refractivity contribution in [1.82, 2.24) is 0 Å². The molecule has 4 heteroatoms. The highest BCUT2D eigenvalue weighted by Crippen LogP contribution is 2.18. The minimum Gasteiger partial charge on any atom is -0.390 e. The molecule has 0 heterocycles. The molecule has 1 aromatic carbocycles. The molecule has 2 atom stereocenters. The summed E-state index contributed by atoms with van der Waals surface area (Å²) in [6.45, 7) is 2.81. The lowest BCUT2D eigenvalue weighted by Gasteiger charge is -2.15. The molecule has 0 aliphatic heterocycles. The first-order chi connectivity index (χ1) is 8.09. The van der Waals surface area contributed by atoms with E-state index >= 15 is 0 Å². The van der Waals surface area contributed by atoms with Gasteiger partial charge in [-0.25, -0.2) is 0 Å². The Labute approximate surface area is 119 Å². The Morgan fingerprint density at radius 1 is 1.35 bits per heavy atom. The Balaban J connectivity index is 2.29. The molecule has 0 unspecified atom stereocenters. The molecular weight excluding hydrogens is 348 g/mol. The van der Waals surface area contributed by atoms with E-state index in [1.807, 2.05) is 43.3 Å². The summed E-state index contributed by atoms with van der Waals surface area (Å²) >= 11 is 6.55. The van der Waals surface area contributed by atoms with E-state index in [9.17, 15) is 5.11 Å².